The molecule has 0 heterocycles. The predicted molar refractivity (Wildman–Crippen MR) is 82.9 cm³/mol. The van der Waals surface area contributed by atoms with Gasteiger partial charge in [0.1, 0.15) is 0 Å². The van der Waals surface area contributed by atoms with Crippen LogP contribution in [-0.2, 0) is 9.53 Å². The van der Waals surface area contributed by atoms with Crippen LogP contribution in [0.4, 0.5) is 0 Å². The molecule has 1 aromatic carbocycles. The Labute approximate surface area is 125 Å². The first-order valence-corrected chi connectivity index (χ1v) is 7.42. The van der Waals surface area contributed by atoms with Crippen molar-refractivity contribution in [1.29, 1.82) is 0 Å². The van der Waals surface area contributed by atoms with Crippen LogP contribution in [0.3, 0.4) is 0 Å². The van der Waals surface area contributed by atoms with Gasteiger partial charge in [-0.1, -0.05) is 43.2 Å². The number of benzene rings is 1. The monoisotopic (exact) mass is 289 g/mol. The average Bonchev–Trinajstić information content (AvgIpc) is 2.51. The molecule has 0 radical (unpaired) electrons. The first-order chi connectivity index (χ1) is 10.1. The molecule has 0 fully saturated rings. The van der Waals surface area contributed by atoms with Gasteiger partial charge in [0.15, 0.2) is 0 Å². The Morgan fingerprint density at radius 2 is 1.90 bits per heavy atom. The van der Waals surface area contributed by atoms with Crippen LogP contribution < -0.4 is 0 Å². The number of esters is 1. The van der Waals surface area contributed by atoms with E-state index in [9.17, 15) is 4.79 Å². The molecule has 5 heteroatoms. The second-order valence-electron chi connectivity index (χ2n) is 5.04. The topological polar surface area (TPSA) is 75.1 Å². The van der Waals surface area contributed by atoms with E-state index in [0.717, 1.165) is 12.0 Å². The number of carbonyl (C=O) groups excluding carboxylic acids is 1. The van der Waals surface area contributed by atoms with Gasteiger partial charge in [-0.15, -0.1) is 0 Å². The summed E-state index contributed by atoms with van der Waals surface area (Å²) < 4.78 is 4.90. The summed E-state index contributed by atoms with van der Waals surface area (Å²) in [5.41, 5.74) is 10.9. The molecule has 0 amide bonds. The lowest BCUT2D eigenvalue weighted by atomic mass is 9.95. The van der Waals surface area contributed by atoms with Crippen LogP contribution in [0.15, 0.2) is 29.4 Å². The van der Waals surface area contributed by atoms with Crippen molar-refractivity contribution in [3.63, 3.8) is 0 Å². The highest BCUT2D eigenvalue weighted by Gasteiger charge is 2.13. The number of carbonyl (C=O) groups is 1. The quantitative estimate of drug-likeness (QED) is 0.295. The highest BCUT2D eigenvalue weighted by atomic mass is 16.5. The minimum absolute atomic E-state index is 0.255. The first-order valence-electron chi connectivity index (χ1n) is 7.42. The molecular weight excluding hydrogens is 266 g/mol. The number of azide groups is 1. The maximum absolute atomic E-state index is 11.4. The van der Waals surface area contributed by atoms with Gasteiger partial charge in [0.25, 0.3) is 0 Å². The summed E-state index contributed by atoms with van der Waals surface area (Å²) in [5, 5.41) is 3.79. The Bertz CT molecular complexity index is 493. The molecule has 0 aliphatic heterocycles. The number of hydrogen-bond donors (Lipinski definition) is 0. The van der Waals surface area contributed by atoms with Crippen molar-refractivity contribution >= 4 is 5.97 Å². The van der Waals surface area contributed by atoms with Gasteiger partial charge in [-0.25, -0.2) is 0 Å². The van der Waals surface area contributed by atoms with E-state index in [4.69, 9.17) is 10.3 Å². The lowest BCUT2D eigenvalue weighted by Crippen LogP contribution is -2.06. The number of rotatable bonds is 8. The molecule has 21 heavy (non-hydrogen) atoms. The molecule has 0 saturated carbocycles. The number of nitrogens with zero attached hydrogens (tertiary/aromatic N) is 3. The zero-order valence-corrected chi connectivity index (χ0v) is 13.0. The SMILES string of the molecule is CCOC(=O)CCC(N=[N+]=[N-])c1ccc(C(C)CC)cc1. The summed E-state index contributed by atoms with van der Waals surface area (Å²) in [4.78, 5) is 14.3. The zero-order chi connectivity index (χ0) is 15.7. The highest BCUT2D eigenvalue weighted by Crippen LogP contribution is 2.26. The summed E-state index contributed by atoms with van der Waals surface area (Å²) >= 11 is 0. The Balaban J connectivity index is 2.76. The van der Waals surface area contributed by atoms with Gasteiger partial charge in [-0.2, -0.15) is 0 Å². The van der Waals surface area contributed by atoms with Gasteiger partial charge in [-0.3, -0.25) is 4.79 Å². The lowest BCUT2D eigenvalue weighted by Gasteiger charge is -2.14. The Kier molecular flexibility index (Phi) is 7.33. The Morgan fingerprint density at radius 3 is 2.43 bits per heavy atom. The molecule has 0 aromatic heterocycles. The third-order valence-corrected chi connectivity index (χ3v) is 3.62. The molecule has 0 aliphatic rings. The Hall–Kier alpha value is -2.00. The van der Waals surface area contributed by atoms with Gasteiger partial charge in [0.05, 0.1) is 12.6 Å². The van der Waals surface area contributed by atoms with E-state index < -0.39 is 0 Å². The van der Waals surface area contributed by atoms with E-state index in [2.05, 4.69) is 36.0 Å². The van der Waals surface area contributed by atoms with Crippen LogP contribution in [0, 0.1) is 0 Å². The standard InChI is InChI=1S/C16H23N3O2/c1-4-12(3)13-6-8-14(9-7-13)15(18-19-17)10-11-16(20)21-5-2/h6-9,12,15H,4-5,10-11H2,1-3H3. The maximum atomic E-state index is 11.4. The highest BCUT2D eigenvalue weighted by molar-refractivity contribution is 5.69. The van der Waals surface area contributed by atoms with Gasteiger partial charge in [0.2, 0.25) is 0 Å². The number of ether oxygens (including phenoxy) is 1. The molecule has 1 aromatic rings. The van der Waals surface area contributed by atoms with Crippen LogP contribution in [0.5, 0.6) is 0 Å². The van der Waals surface area contributed by atoms with Crippen molar-refractivity contribution in [2.45, 2.75) is 52.0 Å². The van der Waals surface area contributed by atoms with Crippen molar-refractivity contribution < 1.29 is 9.53 Å². The van der Waals surface area contributed by atoms with Crippen LogP contribution in [0.25, 0.3) is 10.4 Å². The van der Waals surface area contributed by atoms with Gasteiger partial charge in [-0.05, 0) is 42.3 Å². The smallest absolute Gasteiger partial charge is 0.305 e. The van der Waals surface area contributed by atoms with Gasteiger partial charge < -0.3 is 4.74 Å². The van der Waals surface area contributed by atoms with E-state index in [1.165, 1.54) is 5.56 Å². The van der Waals surface area contributed by atoms with Crippen LogP contribution in [-0.4, -0.2) is 12.6 Å². The van der Waals surface area contributed by atoms with E-state index in [1.807, 2.05) is 12.1 Å². The number of hydrogen-bond acceptors (Lipinski definition) is 3. The van der Waals surface area contributed by atoms with Crippen LogP contribution >= 0.6 is 0 Å². The fraction of sp³-hybridized carbons (Fsp3) is 0.562. The third kappa shape index (κ3) is 5.48. The van der Waals surface area contributed by atoms with E-state index in [1.54, 1.807) is 6.92 Å². The van der Waals surface area contributed by atoms with E-state index in [0.29, 0.717) is 18.9 Å². The predicted octanol–water partition coefficient (Wildman–Crippen LogP) is 4.89. The molecule has 2 unspecified atom stereocenters. The van der Waals surface area contributed by atoms with Crippen molar-refractivity contribution in [3.8, 4) is 0 Å². The minimum Gasteiger partial charge on any atom is -0.466 e. The molecule has 0 bridgehead atoms. The van der Waals surface area contributed by atoms with Crippen molar-refractivity contribution in [3.05, 3.63) is 45.8 Å². The van der Waals surface area contributed by atoms with Crippen molar-refractivity contribution in [1.82, 2.24) is 0 Å². The van der Waals surface area contributed by atoms with Crippen molar-refractivity contribution in [2.24, 2.45) is 5.11 Å². The van der Waals surface area contributed by atoms with Crippen LogP contribution in [0.2, 0.25) is 0 Å². The fourth-order valence-corrected chi connectivity index (χ4v) is 2.12. The van der Waals surface area contributed by atoms with E-state index in [-0.39, 0.29) is 18.4 Å². The molecule has 0 aliphatic carbocycles. The minimum atomic E-state index is -0.328. The summed E-state index contributed by atoms with van der Waals surface area (Å²) in [5.74, 6) is 0.253. The van der Waals surface area contributed by atoms with Crippen molar-refractivity contribution in [2.75, 3.05) is 6.61 Å². The average molecular weight is 289 g/mol. The second kappa shape index (κ2) is 9.03. The van der Waals surface area contributed by atoms with Gasteiger partial charge in [0, 0.05) is 11.3 Å². The summed E-state index contributed by atoms with van der Waals surface area (Å²) in [7, 11) is 0. The summed E-state index contributed by atoms with van der Waals surface area (Å²) in [6, 6.07) is 7.75. The fourth-order valence-electron chi connectivity index (χ4n) is 2.12. The summed E-state index contributed by atoms with van der Waals surface area (Å²) in [6.45, 7) is 6.48. The first kappa shape index (κ1) is 17.1. The van der Waals surface area contributed by atoms with Gasteiger partial charge >= 0.3 is 5.97 Å². The van der Waals surface area contributed by atoms with Crippen LogP contribution in [0.1, 0.15) is 63.1 Å². The maximum Gasteiger partial charge on any atom is 0.305 e. The van der Waals surface area contributed by atoms with E-state index >= 15 is 0 Å². The zero-order valence-electron chi connectivity index (χ0n) is 13.0. The molecule has 5 nitrogen and oxygen atoms in total. The Morgan fingerprint density at radius 1 is 1.29 bits per heavy atom. The molecule has 1 rings (SSSR count). The molecule has 2 atom stereocenters. The molecule has 0 spiro atoms. The molecule has 0 N–H and O–H groups in total. The third-order valence-electron chi connectivity index (χ3n) is 3.62. The normalized spacial score (nSPS) is 13.1. The molecular formula is C16H23N3O2. The molecule has 0 saturated heterocycles. The molecule has 114 valence electrons. The largest absolute Gasteiger partial charge is 0.466 e. The summed E-state index contributed by atoms with van der Waals surface area (Å²) in [6.07, 6.45) is 1.80. The second-order valence-corrected chi connectivity index (χ2v) is 5.04. The lowest BCUT2D eigenvalue weighted by molar-refractivity contribution is -0.143.